The molecule has 1 aliphatic rings. The van der Waals surface area contributed by atoms with Gasteiger partial charge >= 0.3 is 0 Å². The highest BCUT2D eigenvalue weighted by molar-refractivity contribution is 6.28. The number of nitrogens with two attached hydrogens (primary N) is 1. The molecule has 14 heavy (non-hydrogen) atoms. The van der Waals surface area contributed by atoms with E-state index in [4.69, 9.17) is 17.3 Å². The molecular weight excluding hydrogens is 200 g/mol. The van der Waals surface area contributed by atoms with E-state index in [1.807, 2.05) is 6.07 Å². The summed E-state index contributed by atoms with van der Waals surface area (Å²) in [6.45, 7) is 2.73. The van der Waals surface area contributed by atoms with Gasteiger partial charge in [-0.25, -0.2) is 9.97 Å². The Labute approximate surface area is 88.1 Å². The molecule has 1 unspecified atom stereocenters. The van der Waals surface area contributed by atoms with Gasteiger partial charge in [0.15, 0.2) is 0 Å². The molecule has 1 aliphatic heterocycles. The van der Waals surface area contributed by atoms with Gasteiger partial charge in [-0.2, -0.15) is 0 Å². The maximum absolute atomic E-state index is 5.72. The summed E-state index contributed by atoms with van der Waals surface area (Å²) < 4.78 is 0. The van der Waals surface area contributed by atoms with Gasteiger partial charge in [0.1, 0.15) is 5.82 Å². The van der Waals surface area contributed by atoms with Crippen molar-refractivity contribution in [3.05, 3.63) is 17.5 Å². The van der Waals surface area contributed by atoms with Gasteiger partial charge < -0.3 is 10.6 Å². The first-order valence-electron chi connectivity index (χ1n) is 4.73. The normalized spacial score (nSPS) is 21.6. The summed E-state index contributed by atoms with van der Waals surface area (Å²) in [5, 5.41) is 0.304. The van der Waals surface area contributed by atoms with Gasteiger partial charge in [-0.05, 0) is 36.6 Å². The average Bonchev–Trinajstić information content (AvgIpc) is 2.66. The lowest BCUT2D eigenvalue weighted by Gasteiger charge is -2.16. The third kappa shape index (κ3) is 1.96. The highest BCUT2D eigenvalue weighted by Crippen LogP contribution is 2.21. The Morgan fingerprint density at radius 1 is 1.64 bits per heavy atom. The van der Waals surface area contributed by atoms with E-state index in [9.17, 15) is 0 Å². The fourth-order valence-electron chi connectivity index (χ4n) is 1.74. The van der Waals surface area contributed by atoms with E-state index in [1.54, 1.807) is 6.20 Å². The lowest BCUT2D eigenvalue weighted by molar-refractivity contribution is 0.602. The second-order valence-electron chi connectivity index (χ2n) is 3.52. The van der Waals surface area contributed by atoms with E-state index < -0.39 is 0 Å². The predicted molar refractivity (Wildman–Crippen MR) is 56.4 cm³/mol. The van der Waals surface area contributed by atoms with Crippen molar-refractivity contribution >= 4 is 17.4 Å². The lowest BCUT2D eigenvalue weighted by atomic mass is 10.1. The smallest absolute Gasteiger partial charge is 0.224 e. The minimum Gasteiger partial charge on any atom is -0.356 e. The number of rotatable bonds is 2. The van der Waals surface area contributed by atoms with Crippen LogP contribution in [0.3, 0.4) is 0 Å². The first kappa shape index (κ1) is 9.68. The summed E-state index contributed by atoms with van der Waals surface area (Å²) in [5.74, 6) is 1.49. The van der Waals surface area contributed by atoms with Gasteiger partial charge in [-0.1, -0.05) is 0 Å². The van der Waals surface area contributed by atoms with Crippen LogP contribution in [0.15, 0.2) is 12.3 Å². The largest absolute Gasteiger partial charge is 0.356 e. The zero-order chi connectivity index (χ0) is 9.97. The molecule has 4 nitrogen and oxygen atoms in total. The summed E-state index contributed by atoms with van der Waals surface area (Å²) in [6, 6.07) is 1.88. The number of hydrogen-bond acceptors (Lipinski definition) is 4. The van der Waals surface area contributed by atoms with E-state index in [0.717, 1.165) is 31.9 Å². The third-order valence-corrected chi connectivity index (χ3v) is 2.74. The van der Waals surface area contributed by atoms with Gasteiger partial charge in [0, 0.05) is 19.3 Å². The molecule has 1 saturated heterocycles. The van der Waals surface area contributed by atoms with Gasteiger partial charge in [0.2, 0.25) is 5.28 Å². The maximum Gasteiger partial charge on any atom is 0.224 e. The van der Waals surface area contributed by atoms with Crippen molar-refractivity contribution in [3.63, 3.8) is 0 Å². The maximum atomic E-state index is 5.72. The first-order chi connectivity index (χ1) is 6.79. The van der Waals surface area contributed by atoms with E-state index in [1.165, 1.54) is 0 Å². The molecule has 0 saturated carbocycles. The quantitative estimate of drug-likeness (QED) is 0.741. The van der Waals surface area contributed by atoms with Crippen molar-refractivity contribution in [1.82, 2.24) is 9.97 Å². The zero-order valence-electron chi connectivity index (χ0n) is 7.86. The summed E-state index contributed by atoms with van der Waals surface area (Å²) >= 11 is 5.72. The van der Waals surface area contributed by atoms with Gasteiger partial charge in [-0.15, -0.1) is 0 Å². The Morgan fingerprint density at radius 3 is 3.14 bits per heavy atom. The Morgan fingerprint density at radius 2 is 2.50 bits per heavy atom. The van der Waals surface area contributed by atoms with Crippen LogP contribution in [0.25, 0.3) is 0 Å². The van der Waals surface area contributed by atoms with Crippen LogP contribution in [-0.2, 0) is 0 Å². The molecule has 0 amide bonds. The van der Waals surface area contributed by atoms with E-state index in [-0.39, 0.29) is 0 Å². The zero-order valence-corrected chi connectivity index (χ0v) is 8.61. The molecule has 1 atom stereocenters. The van der Waals surface area contributed by atoms with E-state index >= 15 is 0 Å². The molecule has 1 aromatic rings. The number of anilines is 1. The van der Waals surface area contributed by atoms with Crippen molar-refractivity contribution in [2.24, 2.45) is 11.7 Å². The molecule has 1 aromatic heterocycles. The number of hydrogen-bond donors (Lipinski definition) is 1. The number of nitrogens with zero attached hydrogens (tertiary/aromatic N) is 3. The van der Waals surface area contributed by atoms with Crippen LogP contribution >= 0.6 is 11.6 Å². The topological polar surface area (TPSA) is 55.0 Å². The molecule has 1 fully saturated rings. The molecule has 0 bridgehead atoms. The van der Waals surface area contributed by atoms with Crippen molar-refractivity contribution < 1.29 is 0 Å². The van der Waals surface area contributed by atoms with Gasteiger partial charge in [0.05, 0.1) is 0 Å². The third-order valence-electron chi connectivity index (χ3n) is 2.55. The molecule has 2 N–H and O–H groups in total. The molecule has 76 valence electrons. The standard InChI is InChI=1S/C9H13ClN4/c10-9-12-3-1-8(13-9)14-4-2-7(5-11)6-14/h1,3,7H,2,4-6,11H2. The van der Waals surface area contributed by atoms with Crippen LogP contribution in [0.5, 0.6) is 0 Å². The minimum atomic E-state index is 0.304. The van der Waals surface area contributed by atoms with Crippen LogP contribution in [0, 0.1) is 5.92 Å². The Hall–Kier alpha value is -0.870. The van der Waals surface area contributed by atoms with Crippen molar-refractivity contribution in [2.45, 2.75) is 6.42 Å². The molecular formula is C9H13ClN4. The summed E-state index contributed by atoms with van der Waals surface area (Å²) in [5.41, 5.74) is 5.62. The summed E-state index contributed by atoms with van der Waals surface area (Å²) in [6.07, 6.45) is 2.82. The Kier molecular flexibility index (Phi) is 2.84. The number of halogens is 1. The van der Waals surface area contributed by atoms with Crippen molar-refractivity contribution in [3.8, 4) is 0 Å². The summed E-state index contributed by atoms with van der Waals surface area (Å²) in [7, 11) is 0. The van der Waals surface area contributed by atoms with Crippen LogP contribution in [0.1, 0.15) is 6.42 Å². The first-order valence-corrected chi connectivity index (χ1v) is 5.11. The average molecular weight is 213 g/mol. The predicted octanol–water partition coefficient (Wildman–Crippen LogP) is 0.915. The molecule has 0 radical (unpaired) electrons. The highest BCUT2D eigenvalue weighted by atomic mass is 35.5. The summed E-state index contributed by atoms with van der Waals surface area (Å²) in [4.78, 5) is 10.2. The van der Waals surface area contributed by atoms with Crippen LogP contribution < -0.4 is 10.6 Å². The Balaban J connectivity index is 2.09. The molecule has 0 spiro atoms. The Bertz CT molecular complexity index is 317. The van der Waals surface area contributed by atoms with Crippen LogP contribution in [0.4, 0.5) is 5.82 Å². The van der Waals surface area contributed by atoms with Crippen LogP contribution in [0.2, 0.25) is 5.28 Å². The molecule has 2 heterocycles. The minimum absolute atomic E-state index is 0.304. The SMILES string of the molecule is NCC1CCN(c2ccnc(Cl)n2)C1. The second kappa shape index (κ2) is 4.11. The molecule has 0 aliphatic carbocycles. The van der Waals surface area contributed by atoms with E-state index in [2.05, 4.69) is 14.9 Å². The molecule has 2 rings (SSSR count). The van der Waals surface area contributed by atoms with Crippen molar-refractivity contribution in [1.29, 1.82) is 0 Å². The molecule has 5 heteroatoms. The second-order valence-corrected chi connectivity index (χ2v) is 3.86. The van der Waals surface area contributed by atoms with Gasteiger partial charge in [-0.3, -0.25) is 0 Å². The van der Waals surface area contributed by atoms with Crippen molar-refractivity contribution in [2.75, 3.05) is 24.5 Å². The fraction of sp³-hybridized carbons (Fsp3) is 0.556. The van der Waals surface area contributed by atoms with E-state index in [0.29, 0.717) is 11.2 Å². The van der Waals surface area contributed by atoms with Crippen LogP contribution in [-0.4, -0.2) is 29.6 Å². The monoisotopic (exact) mass is 212 g/mol. The molecule has 0 aromatic carbocycles. The van der Waals surface area contributed by atoms with Gasteiger partial charge in [0.25, 0.3) is 0 Å². The highest BCUT2D eigenvalue weighted by Gasteiger charge is 2.22. The number of aromatic nitrogens is 2. The lowest BCUT2D eigenvalue weighted by Crippen LogP contribution is -2.23. The fourth-order valence-corrected chi connectivity index (χ4v) is 1.88.